The molecule has 366 valence electrons. The van der Waals surface area contributed by atoms with Crippen molar-refractivity contribution in [3.8, 4) is 0 Å². The number of unbranched alkanes of at least 4 members (excludes halogenated alkanes) is 3. The van der Waals surface area contributed by atoms with Crippen LogP contribution in [0.5, 0.6) is 0 Å². The van der Waals surface area contributed by atoms with E-state index in [2.05, 4.69) is 89.9 Å². The van der Waals surface area contributed by atoms with Crippen molar-refractivity contribution >= 4 is 52.6 Å². The van der Waals surface area contributed by atoms with Gasteiger partial charge in [0.15, 0.2) is 0 Å². The van der Waals surface area contributed by atoms with Crippen molar-refractivity contribution in [3.63, 3.8) is 0 Å². The van der Waals surface area contributed by atoms with E-state index >= 15 is 0 Å². The first-order valence-corrected chi connectivity index (χ1v) is 19.3. The van der Waals surface area contributed by atoms with Crippen molar-refractivity contribution < 1.29 is 122 Å². The number of amides is 1. The molecule has 25 nitrogen and oxygen atoms in total. The van der Waals surface area contributed by atoms with Gasteiger partial charge in [0.25, 0.3) is 0 Å². The van der Waals surface area contributed by atoms with Gasteiger partial charge in [-0.3, -0.25) is 24.1 Å². The minimum Gasteiger partial charge on any atom is -0.389 e. The molecule has 1 amide bonds. The van der Waals surface area contributed by atoms with Crippen molar-refractivity contribution in [2.45, 2.75) is 104 Å². The molecule has 2 rings (SSSR count). The number of nitrogens with zero attached hydrogens (tertiary/aromatic N) is 1. The number of aliphatic hydroxyl groups is 2. The number of carbonyl (C=O) groups excluding carboxylic acids is 4. The van der Waals surface area contributed by atoms with Gasteiger partial charge < -0.3 is 10.2 Å². The number of Topliss-reactive ketones (excluding diaryl/α,β-unsaturated/α-hetero) is 1. The van der Waals surface area contributed by atoms with Crippen LogP contribution in [0.4, 0.5) is 0 Å². The molecule has 0 aliphatic carbocycles. The summed E-state index contributed by atoms with van der Waals surface area (Å²) < 4.78 is 0.626. The zero-order chi connectivity index (χ0) is 49.4. The molecule has 1 heterocycles. The fourth-order valence-electron chi connectivity index (χ4n) is 3.71. The first-order chi connectivity index (χ1) is 30.3. The number of aliphatic hydroxyl groups excluding tert-OH is 2. The van der Waals surface area contributed by atoms with Crippen LogP contribution in [0.15, 0.2) is 79.4 Å². The SMILES string of the molecule is C=CC=O.CCC/C=C/C=O.CCC/C=C/[C@@H](O)CC(=O)N1C(=S)SC[C@H]1Cc1ccccc1.CCC/C=C/[C@@H](O)CC(C)=O.OOO.OOOO.OOOOO.OOOOOO. The molecule has 0 aromatic heterocycles. The number of ketones is 1. The number of carbonyl (C=O) groups is 4. The first-order valence-electron chi connectivity index (χ1n) is 18.0. The maximum atomic E-state index is 12.5. The highest BCUT2D eigenvalue weighted by Gasteiger charge is 2.34. The number of hydrogen-bond acceptors (Lipinski definition) is 26. The number of rotatable bonds is 22. The van der Waals surface area contributed by atoms with E-state index in [1.165, 1.54) is 24.6 Å². The van der Waals surface area contributed by atoms with Crippen LogP contribution in [0, 0.1) is 0 Å². The molecule has 27 heteroatoms. The Hall–Kier alpha value is -3.70. The van der Waals surface area contributed by atoms with Crippen LogP contribution < -0.4 is 0 Å². The Bertz CT molecular complexity index is 1230. The Morgan fingerprint density at radius 1 is 0.746 bits per heavy atom. The van der Waals surface area contributed by atoms with Crippen molar-refractivity contribution in [1.82, 2.24) is 4.90 Å². The summed E-state index contributed by atoms with van der Waals surface area (Å²) in [5, 5.41) is 102. The lowest BCUT2D eigenvalue weighted by Gasteiger charge is -2.24. The highest BCUT2D eigenvalue weighted by Crippen LogP contribution is 2.28. The summed E-state index contributed by atoms with van der Waals surface area (Å²) in [6.45, 7) is 10.8. The first kappa shape index (κ1) is 70.9. The molecule has 1 saturated heterocycles. The molecule has 0 unspecified atom stereocenters. The molecule has 0 radical (unpaired) electrons. The number of hydrogen-bond donors (Lipinski definition) is 10. The van der Waals surface area contributed by atoms with E-state index in [0.29, 0.717) is 10.6 Å². The van der Waals surface area contributed by atoms with Gasteiger partial charge in [-0.25, -0.2) is 42.1 Å². The third kappa shape index (κ3) is 62.7. The van der Waals surface area contributed by atoms with Gasteiger partial charge in [-0.15, -0.1) is 0 Å². The maximum Gasteiger partial charge on any atom is 0.231 e. The van der Waals surface area contributed by atoms with Gasteiger partial charge in [-0.05, 0) is 95.7 Å². The Kier molecular flexibility index (Phi) is 70.5. The summed E-state index contributed by atoms with van der Waals surface area (Å²) in [7, 11) is 0. The van der Waals surface area contributed by atoms with E-state index in [1.54, 1.807) is 28.8 Å². The smallest absolute Gasteiger partial charge is 0.231 e. The lowest BCUT2D eigenvalue weighted by molar-refractivity contribution is -0.749. The second-order valence-electron chi connectivity index (χ2n) is 10.8. The van der Waals surface area contributed by atoms with E-state index in [1.807, 2.05) is 36.4 Å². The third-order valence-corrected chi connectivity index (χ3v) is 7.55. The zero-order valence-electron chi connectivity index (χ0n) is 35.0. The predicted octanol–water partition coefficient (Wildman–Crippen LogP) is 6.55. The quantitative estimate of drug-likeness (QED) is 0.0112. The molecule has 1 aromatic rings. The summed E-state index contributed by atoms with van der Waals surface area (Å²) in [5.74, 6) is 0.759. The Morgan fingerprint density at radius 2 is 1.17 bits per heavy atom. The predicted molar refractivity (Wildman–Crippen MR) is 224 cm³/mol. The van der Waals surface area contributed by atoms with Crippen LogP contribution in [0.3, 0.4) is 0 Å². The molecular formula is C36H61NO24S2. The van der Waals surface area contributed by atoms with Crippen LogP contribution in [-0.2, 0) is 76.0 Å². The van der Waals surface area contributed by atoms with Crippen molar-refractivity contribution in [1.29, 1.82) is 0 Å². The average molecular weight is 956 g/mol. The normalized spacial score (nSPS) is 13.2. The van der Waals surface area contributed by atoms with Gasteiger partial charge in [-0.2, -0.15) is 0 Å². The molecule has 1 aliphatic rings. The highest BCUT2D eigenvalue weighted by atomic mass is 32.2. The van der Waals surface area contributed by atoms with Gasteiger partial charge in [0.05, 0.1) is 24.7 Å². The lowest BCUT2D eigenvalue weighted by atomic mass is 10.1. The van der Waals surface area contributed by atoms with Gasteiger partial charge in [0, 0.05) is 12.2 Å². The molecule has 3 atom stereocenters. The van der Waals surface area contributed by atoms with Crippen molar-refractivity contribution in [2.75, 3.05) is 5.75 Å². The van der Waals surface area contributed by atoms with Gasteiger partial charge in [0.1, 0.15) is 22.7 Å². The van der Waals surface area contributed by atoms with E-state index in [0.717, 1.165) is 57.0 Å². The van der Waals surface area contributed by atoms with Crippen molar-refractivity contribution in [2.24, 2.45) is 0 Å². The number of allylic oxidation sites excluding steroid dienone is 5. The van der Waals surface area contributed by atoms with E-state index in [4.69, 9.17) is 64.2 Å². The van der Waals surface area contributed by atoms with Gasteiger partial charge >= 0.3 is 0 Å². The molecule has 1 fully saturated rings. The highest BCUT2D eigenvalue weighted by molar-refractivity contribution is 8.23. The third-order valence-electron chi connectivity index (χ3n) is 6.00. The van der Waals surface area contributed by atoms with Gasteiger partial charge in [0.2, 0.25) is 5.91 Å². The minimum absolute atomic E-state index is 0.0265. The second-order valence-corrected chi connectivity index (χ2v) is 12.5. The molecule has 0 saturated carbocycles. The Labute approximate surface area is 373 Å². The van der Waals surface area contributed by atoms with Crippen LogP contribution in [0.1, 0.15) is 84.6 Å². The van der Waals surface area contributed by atoms with Crippen molar-refractivity contribution in [3.05, 3.63) is 85.0 Å². The number of benzene rings is 1. The summed E-state index contributed by atoms with van der Waals surface area (Å²) in [5.41, 5.74) is 1.20. The monoisotopic (exact) mass is 955 g/mol. The largest absolute Gasteiger partial charge is 0.389 e. The van der Waals surface area contributed by atoms with E-state index in [9.17, 15) is 19.5 Å². The molecule has 0 bridgehead atoms. The molecule has 1 aromatic carbocycles. The number of aldehydes is 2. The van der Waals surface area contributed by atoms with Gasteiger partial charge in [-0.1, -0.05) is 136 Å². The molecule has 10 N–H and O–H groups in total. The maximum absolute atomic E-state index is 12.5. The zero-order valence-corrected chi connectivity index (χ0v) is 36.7. The van der Waals surface area contributed by atoms with E-state index in [-0.39, 0.29) is 30.6 Å². The minimum atomic E-state index is -0.736. The van der Waals surface area contributed by atoms with E-state index < -0.39 is 12.2 Å². The van der Waals surface area contributed by atoms with Crippen LogP contribution in [-0.4, -0.2) is 110 Å². The Morgan fingerprint density at radius 3 is 1.52 bits per heavy atom. The fraction of sp³-hybridized carbons (Fsp3) is 0.472. The topological polar surface area (TPSA) is 366 Å². The fourth-order valence-corrected chi connectivity index (χ4v) is 5.15. The molecule has 1 aliphatic heterocycles. The summed E-state index contributed by atoms with van der Waals surface area (Å²) >= 11 is 6.88. The Balaban J connectivity index is -0.000000170. The van der Waals surface area contributed by atoms with Crippen LogP contribution in [0.2, 0.25) is 0 Å². The molecular weight excluding hydrogens is 895 g/mol. The summed E-state index contributed by atoms with van der Waals surface area (Å²) in [4.78, 5) is 43.4. The lowest BCUT2D eigenvalue weighted by Crippen LogP contribution is -2.41. The summed E-state index contributed by atoms with van der Waals surface area (Å²) in [6, 6.07) is 10.2. The second kappa shape index (κ2) is 62.6. The number of thioether (sulfide) groups is 1. The molecule has 0 spiro atoms. The summed E-state index contributed by atoms with van der Waals surface area (Å²) in [6.07, 6.45) is 19.2. The van der Waals surface area contributed by atoms with Crippen LogP contribution in [0.25, 0.3) is 0 Å². The van der Waals surface area contributed by atoms with Crippen LogP contribution >= 0.6 is 24.0 Å². The average Bonchev–Trinajstić information content (AvgIpc) is 3.64. The standard InChI is InChI=1S/C18H23NO2S2.C9H16O2.C6H10O.C3H4O.H2O6.H2O5.H2O4.H2O3/c1-2-3-5-10-16(20)12-17(21)19-15(13-23-18(19)22)11-14-8-6-4-7-9-14;1-3-4-5-6-9(11)7-8(2)10;1-2-3-4-5-6-7;1-2-3-4;1-3-5-6-4-2;1-3-5-4-2;1-3-4-2;1-3-2/h4-10,15-16,20H,2-3,11-13H2,1H3;5-6,9,11H,3-4,7H2,1-2H3;4-6H,2-3H2,1H3;2-3H,1H2;1-2H;1-2H;1-2H;1-2H/b10-5+;6-5+;5-4+;;;;;/t15-,16-;9-;;;;;;/m11....../s1. The number of thiocarbonyl (C=S) groups is 1. The molecule has 63 heavy (non-hydrogen) atoms.